The van der Waals surface area contributed by atoms with Crippen molar-refractivity contribution in [2.45, 2.75) is 50.0 Å². The number of aliphatic hydroxyl groups is 1. The number of benzene rings is 2. The van der Waals surface area contributed by atoms with Crippen molar-refractivity contribution in [3.63, 3.8) is 0 Å². The number of fused-ring (bicyclic) bond motifs is 1. The first-order valence-electron chi connectivity index (χ1n) is 12.2. The lowest BCUT2D eigenvalue weighted by atomic mass is 9.66. The summed E-state index contributed by atoms with van der Waals surface area (Å²) in [6, 6.07) is 17.8. The molecule has 35 heavy (non-hydrogen) atoms. The van der Waals surface area contributed by atoms with E-state index < -0.39 is 29.1 Å². The third-order valence-corrected chi connectivity index (χ3v) is 7.72. The Morgan fingerprint density at radius 3 is 2.43 bits per heavy atom. The number of carbonyl (C=O) groups is 3. The van der Waals surface area contributed by atoms with E-state index >= 15 is 0 Å². The topological polar surface area (TPSA) is 108 Å². The fourth-order valence-corrected chi connectivity index (χ4v) is 6.23. The van der Waals surface area contributed by atoms with Crippen molar-refractivity contribution < 1.29 is 24.2 Å². The smallest absolute Gasteiger partial charge is 0.246 e. The van der Waals surface area contributed by atoms with E-state index in [1.54, 1.807) is 12.1 Å². The number of para-hydroxylation sites is 1. The Labute approximate surface area is 204 Å². The van der Waals surface area contributed by atoms with Crippen LogP contribution in [0.5, 0.6) is 0 Å². The normalized spacial score (nSPS) is 30.9. The van der Waals surface area contributed by atoms with Gasteiger partial charge in [-0.3, -0.25) is 14.4 Å². The highest BCUT2D eigenvalue weighted by Crippen LogP contribution is 2.63. The number of amides is 3. The molecule has 2 aromatic carbocycles. The van der Waals surface area contributed by atoms with E-state index in [9.17, 15) is 19.5 Å². The standard InChI is InChI=1S/C27H31N3O5/c1-26-13-14-27(35-26)21(20(26)23(32)29-19-11-6-3-7-12-19)25(34)30(15-8-16-31)22(27)24(33)28-17-18-9-4-2-5-10-18/h2-7,9-12,20-22,31H,8,13-17H2,1H3,(H,28,33)(H,29,32)/t20-,21+,22?,26+,27?/m1/s1. The Morgan fingerprint density at radius 2 is 1.74 bits per heavy atom. The van der Waals surface area contributed by atoms with E-state index in [1.807, 2.05) is 55.5 Å². The molecule has 3 heterocycles. The van der Waals surface area contributed by atoms with Crippen LogP contribution < -0.4 is 10.6 Å². The number of likely N-dealkylation sites (tertiary alicyclic amines) is 1. The second-order valence-corrected chi connectivity index (χ2v) is 9.90. The largest absolute Gasteiger partial charge is 0.396 e. The number of carbonyl (C=O) groups excluding carboxylic acids is 3. The van der Waals surface area contributed by atoms with E-state index in [0.29, 0.717) is 31.5 Å². The molecule has 3 amide bonds. The van der Waals surface area contributed by atoms with Crippen LogP contribution in [0, 0.1) is 11.8 Å². The maximum atomic E-state index is 13.8. The molecular weight excluding hydrogens is 446 g/mol. The molecule has 5 atom stereocenters. The fourth-order valence-electron chi connectivity index (χ4n) is 6.23. The number of ether oxygens (including phenoxy) is 1. The Hall–Kier alpha value is -3.23. The molecule has 1 spiro atoms. The first-order chi connectivity index (χ1) is 16.9. The average molecular weight is 478 g/mol. The third kappa shape index (κ3) is 3.90. The molecule has 8 heteroatoms. The van der Waals surface area contributed by atoms with Gasteiger partial charge in [0.05, 0.1) is 17.4 Å². The summed E-state index contributed by atoms with van der Waals surface area (Å²) >= 11 is 0. The predicted molar refractivity (Wildman–Crippen MR) is 129 cm³/mol. The lowest BCUT2D eigenvalue weighted by Crippen LogP contribution is -2.55. The van der Waals surface area contributed by atoms with Crippen LogP contribution >= 0.6 is 0 Å². The average Bonchev–Trinajstić information content (AvgIpc) is 3.43. The molecule has 3 aliphatic heterocycles. The fraction of sp³-hybridized carbons (Fsp3) is 0.444. The van der Waals surface area contributed by atoms with Crippen molar-refractivity contribution in [1.82, 2.24) is 10.2 Å². The molecule has 3 saturated heterocycles. The number of anilines is 1. The number of hydrogen-bond acceptors (Lipinski definition) is 5. The van der Waals surface area contributed by atoms with Crippen molar-refractivity contribution in [2.75, 3.05) is 18.5 Å². The summed E-state index contributed by atoms with van der Waals surface area (Å²) in [6.45, 7) is 2.33. The highest BCUT2D eigenvalue weighted by Gasteiger charge is 2.77. The summed E-state index contributed by atoms with van der Waals surface area (Å²) in [5.41, 5.74) is -0.302. The van der Waals surface area contributed by atoms with Gasteiger partial charge in [0.1, 0.15) is 11.6 Å². The van der Waals surface area contributed by atoms with E-state index in [0.717, 1.165) is 5.56 Å². The zero-order valence-corrected chi connectivity index (χ0v) is 19.8. The van der Waals surface area contributed by atoms with Crippen LogP contribution in [0.2, 0.25) is 0 Å². The van der Waals surface area contributed by atoms with Crippen LogP contribution in [-0.2, 0) is 25.7 Å². The molecule has 3 aliphatic rings. The highest BCUT2D eigenvalue weighted by atomic mass is 16.5. The number of nitrogens with zero attached hydrogens (tertiary/aromatic N) is 1. The molecule has 2 unspecified atom stereocenters. The minimum absolute atomic E-state index is 0.101. The lowest BCUT2D eigenvalue weighted by Gasteiger charge is -2.33. The monoisotopic (exact) mass is 477 g/mol. The van der Waals surface area contributed by atoms with Crippen LogP contribution in [-0.4, -0.2) is 58.1 Å². The number of aliphatic hydroxyl groups excluding tert-OH is 1. The quantitative estimate of drug-likeness (QED) is 0.540. The molecule has 184 valence electrons. The molecular formula is C27H31N3O5. The Kier molecular flexibility index (Phi) is 6.11. The van der Waals surface area contributed by atoms with Gasteiger partial charge >= 0.3 is 0 Å². The summed E-state index contributed by atoms with van der Waals surface area (Å²) < 4.78 is 6.56. The van der Waals surface area contributed by atoms with Gasteiger partial charge in [-0.25, -0.2) is 0 Å². The summed E-state index contributed by atoms with van der Waals surface area (Å²) in [5, 5.41) is 15.4. The van der Waals surface area contributed by atoms with Crippen molar-refractivity contribution in [3.8, 4) is 0 Å². The molecule has 0 saturated carbocycles. The zero-order chi connectivity index (χ0) is 24.6. The summed E-state index contributed by atoms with van der Waals surface area (Å²) in [5.74, 6) is -2.29. The van der Waals surface area contributed by atoms with Gasteiger partial charge in [-0.05, 0) is 43.9 Å². The molecule has 0 aromatic heterocycles. The van der Waals surface area contributed by atoms with Crippen molar-refractivity contribution >= 4 is 23.4 Å². The molecule has 8 nitrogen and oxygen atoms in total. The van der Waals surface area contributed by atoms with Gasteiger partial charge in [-0.2, -0.15) is 0 Å². The Bertz CT molecular complexity index is 1110. The minimum atomic E-state index is -1.07. The van der Waals surface area contributed by atoms with Gasteiger partial charge in [-0.1, -0.05) is 48.5 Å². The van der Waals surface area contributed by atoms with E-state index in [1.165, 1.54) is 4.90 Å². The van der Waals surface area contributed by atoms with Crippen LogP contribution in [0.4, 0.5) is 5.69 Å². The van der Waals surface area contributed by atoms with Crippen molar-refractivity contribution in [2.24, 2.45) is 11.8 Å². The Balaban J connectivity index is 1.45. The van der Waals surface area contributed by atoms with Crippen molar-refractivity contribution in [3.05, 3.63) is 66.2 Å². The molecule has 2 bridgehead atoms. The third-order valence-electron chi connectivity index (χ3n) is 7.72. The van der Waals surface area contributed by atoms with Crippen molar-refractivity contribution in [1.29, 1.82) is 0 Å². The molecule has 3 fully saturated rings. The van der Waals surface area contributed by atoms with Gasteiger partial charge < -0.3 is 25.4 Å². The van der Waals surface area contributed by atoms with Gasteiger partial charge in [0, 0.05) is 25.4 Å². The van der Waals surface area contributed by atoms with E-state index in [2.05, 4.69) is 10.6 Å². The molecule has 0 radical (unpaired) electrons. The van der Waals surface area contributed by atoms with Crippen LogP contribution in [0.1, 0.15) is 31.7 Å². The van der Waals surface area contributed by atoms with E-state index in [-0.39, 0.29) is 30.9 Å². The van der Waals surface area contributed by atoms with Crippen LogP contribution in [0.15, 0.2) is 60.7 Å². The second-order valence-electron chi connectivity index (χ2n) is 9.90. The molecule has 5 rings (SSSR count). The summed E-state index contributed by atoms with van der Waals surface area (Å²) in [4.78, 5) is 42.4. The van der Waals surface area contributed by atoms with Gasteiger partial charge in [0.25, 0.3) is 0 Å². The number of rotatable bonds is 8. The summed E-state index contributed by atoms with van der Waals surface area (Å²) in [7, 11) is 0. The van der Waals surface area contributed by atoms with Gasteiger partial charge in [0.2, 0.25) is 17.7 Å². The van der Waals surface area contributed by atoms with Gasteiger partial charge in [0.15, 0.2) is 0 Å². The van der Waals surface area contributed by atoms with E-state index in [4.69, 9.17) is 4.74 Å². The lowest BCUT2D eigenvalue weighted by molar-refractivity contribution is -0.145. The maximum Gasteiger partial charge on any atom is 0.246 e. The van der Waals surface area contributed by atoms with Crippen LogP contribution in [0.25, 0.3) is 0 Å². The maximum absolute atomic E-state index is 13.8. The minimum Gasteiger partial charge on any atom is -0.396 e. The molecule has 3 N–H and O–H groups in total. The first kappa shape index (κ1) is 23.5. The number of nitrogens with one attached hydrogen (secondary N) is 2. The van der Waals surface area contributed by atoms with Gasteiger partial charge in [-0.15, -0.1) is 0 Å². The molecule has 2 aromatic rings. The first-order valence-corrected chi connectivity index (χ1v) is 12.2. The number of hydrogen-bond donors (Lipinski definition) is 3. The highest BCUT2D eigenvalue weighted by molar-refractivity contribution is 6.02. The second kappa shape index (κ2) is 9.09. The summed E-state index contributed by atoms with van der Waals surface area (Å²) in [6.07, 6.45) is 1.45. The SMILES string of the molecule is C[C@@]12CCC3(O1)C(C(=O)NCc1ccccc1)N(CCCO)C(=O)[C@@H]3[C@@H]2C(=O)Nc1ccccc1. The Morgan fingerprint density at radius 1 is 1.06 bits per heavy atom. The zero-order valence-electron chi connectivity index (χ0n) is 19.8. The van der Waals surface area contributed by atoms with Crippen LogP contribution in [0.3, 0.4) is 0 Å². The predicted octanol–water partition coefficient (Wildman–Crippen LogP) is 2.09. The molecule has 0 aliphatic carbocycles.